The van der Waals surface area contributed by atoms with Gasteiger partial charge in [-0.25, -0.2) is 0 Å². The van der Waals surface area contributed by atoms with Crippen LogP contribution in [0, 0.1) is 17.8 Å². The molecule has 4 atom stereocenters. The van der Waals surface area contributed by atoms with Crippen LogP contribution in [0.5, 0.6) is 5.75 Å². The molecule has 0 aromatic heterocycles. The Bertz CT molecular complexity index is 1420. The number of allylic oxidation sites excluding steroid dienone is 2. The summed E-state index contributed by atoms with van der Waals surface area (Å²) in [6.07, 6.45) is 7.66. The van der Waals surface area contributed by atoms with Crippen molar-refractivity contribution in [3.05, 3.63) is 82.4 Å². The van der Waals surface area contributed by atoms with Crippen molar-refractivity contribution < 1.29 is 24.4 Å². The largest absolute Gasteiger partial charge is 0.508 e. The zero-order valence-electron chi connectivity index (χ0n) is 26.0. The summed E-state index contributed by atoms with van der Waals surface area (Å²) < 4.78 is 6.18. The number of hydrogen-bond donors (Lipinski definition) is 2. The van der Waals surface area contributed by atoms with Gasteiger partial charge in [-0.05, 0) is 86.5 Å². The summed E-state index contributed by atoms with van der Waals surface area (Å²) in [7, 11) is -0.955. The number of likely N-dealkylation sites (tertiary alicyclic amines) is 2. The van der Waals surface area contributed by atoms with Gasteiger partial charge in [0.1, 0.15) is 5.75 Å². The third kappa shape index (κ3) is 6.44. The van der Waals surface area contributed by atoms with E-state index in [0.29, 0.717) is 19.2 Å². The molecule has 8 heteroatoms. The number of nitrogens with zero attached hydrogens (tertiary/aromatic N) is 2. The van der Waals surface area contributed by atoms with Crippen LogP contribution < -0.4 is 0 Å². The minimum Gasteiger partial charge on any atom is -0.508 e. The van der Waals surface area contributed by atoms with Crippen molar-refractivity contribution in [2.45, 2.75) is 83.8 Å². The Morgan fingerprint density at radius 2 is 1.82 bits per heavy atom. The molecule has 2 N–H and O–H groups in total. The zero-order chi connectivity index (χ0) is 30.8. The van der Waals surface area contributed by atoms with E-state index in [1.54, 1.807) is 17.0 Å². The van der Waals surface area contributed by atoms with E-state index in [2.05, 4.69) is 49.1 Å². The van der Waals surface area contributed by atoms with Crippen molar-refractivity contribution in [1.29, 1.82) is 0 Å². The molecule has 3 saturated heterocycles. The van der Waals surface area contributed by atoms with E-state index in [-0.39, 0.29) is 41.5 Å². The topological polar surface area (TPSA) is 90.3 Å². The summed E-state index contributed by atoms with van der Waals surface area (Å²) in [6.45, 7) is 6.84. The molecule has 6 rings (SSSR count). The lowest BCUT2D eigenvalue weighted by atomic mass is 9.58. The van der Waals surface area contributed by atoms with Crippen LogP contribution in [-0.4, -0.2) is 64.1 Å². The lowest BCUT2D eigenvalue weighted by Gasteiger charge is -2.43. The molecule has 3 fully saturated rings. The molecular weight excluding hydrogens is 551 g/mol. The van der Waals surface area contributed by atoms with Gasteiger partial charge in [-0.1, -0.05) is 73.0 Å². The van der Waals surface area contributed by atoms with Gasteiger partial charge in [-0.2, -0.15) is 0 Å². The minimum atomic E-state index is -0.955. The SMILES string of the molecule is CCCC1=C2[C@@H](CC/C(C)=C/c3cccc(O)c3)OB(O)C[C@@H]2[C@@H]2C(=O)N(C3CCN(Cc4ccccc4)CC3)C(=O)[C@@H]2C1. The first-order valence-electron chi connectivity index (χ1n) is 16.5. The number of phenols is 1. The van der Waals surface area contributed by atoms with Crippen molar-refractivity contribution in [3.8, 4) is 5.75 Å². The summed E-state index contributed by atoms with van der Waals surface area (Å²) in [4.78, 5) is 32.2. The lowest BCUT2D eigenvalue weighted by molar-refractivity contribution is -0.144. The molecule has 0 unspecified atom stereocenters. The summed E-state index contributed by atoms with van der Waals surface area (Å²) in [5, 5.41) is 20.7. The van der Waals surface area contributed by atoms with Gasteiger partial charge in [0.2, 0.25) is 11.8 Å². The van der Waals surface area contributed by atoms with Gasteiger partial charge >= 0.3 is 7.12 Å². The Labute approximate surface area is 261 Å². The molecule has 1 aliphatic carbocycles. The maximum Gasteiger partial charge on any atom is 0.455 e. The van der Waals surface area contributed by atoms with Gasteiger partial charge in [0.15, 0.2) is 0 Å². The number of carbonyl (C=O) groups excluding carboxylic acids is 2. The number of amides is 2. The van der Waals surface area contributed by atoms with Crippen molar-refractivity contribution >= 4 is 25.0 Å². The minimum absolute atomic E-state index is 0.00316. The third-order valence-corrected chi connectivity index (χ3v) is 10.1. The van der Waals surface area contributed by atoms with Crippen molar-refractivity contribution in [2.24, 2.45) is 17.8 Å². The van der Waals surface area contributed by atoms with E-state index in [1.807, 2.05) is 18.2 Å². The molecule has 232 valence electrons. The molecule has 4 aliphatic rings. The molecule has 0 bridgehead atoms. The van der Waals surface area contributed by atoms with E-state index >= 15 is 0 Å². The third-order valence-electron chi connectivity index (χ3n) is 10.1. The van der Waals surface area contributed by atoms with Crippen LogP contribution >= 0.6 is 0 Å². The fraction of sp³-hybridized carbons (Fsp3) is 0.500. The molecule has 3 heterocycles. The zero-order valence-corrected chi connectivity index (χ0v) is 26.0. The Kier molecular flexibility index (Phi) is 9.41. The quantitative estimate of drug-likeness (QED) is 0.215. The first-order chi connectivity index (χ1) is 21.3. The van der Waals surface area contributed by atoms with Gasteiger partial charge in [0, 0.05) is 25.7 Å². The fourth-order valence-corrected chi connectivity index (χ4v) is 8.19. The number of piperidine rings is 1. The molecule has 7 nitrogen and oxygen atoms in total. The smallest absolute Gasteiger partial charge is 0.455 e. The average molecular weight is 597 g/mol. The number of carbonyl (C=O) groups is 2. The number of fused-ring (bicyclic) bond motifs is 3. The molecule has 2 aromatic rings. The molecule has 3 aliphatic heterocycles. The molecule has 0 radical (unpaired) electrons. The Morgan fingerprint density at radius 3 is 2.55 bits per heavy atom. The number of phenolic OH excluding ortho intramolecular Hbond substituents is 1. The summed E-state index contributed by atoms with van der Waals surface area (Å²) >= 11 is 0. The number of imide groups is 1. The average Bonchev–Trinajstić information content (AvgIpc) is 3.26. The highest BCUT2D eigenvalue weighted by molar-refractivity contribution is 6.43. The van der Waals surface area contributed by atoms with Gasteiger partial charge in [0.25, 0.3) is 0 Å². The van der Waals surface area contributed by atoms with E-state index in [4.69, 9.17) is 4.65 Å². The van der Waals surface area contributed by atoms with Gasteiger partial charge < -0.3 is 14.8 Å². The first kappa shape index (κ1) is 30.8. The van der Waals surface area contributed by atoms with Crippen LogP contribution in [0.3, 0.4) is 0 Å². The Balaban J connectivity index is 1.17. The lowest BCUT2D eigenvalue weighted by Crippen LogP contribution is -2.48. The number of rotatable bonds is 9. The molecule has 44 heavy (non-hydrogen) atoms. The molecule has 2 amide bonds. The van der Waals surface area contributed by atoms with Crippen molar-refractivity contribution in [1.82, 2.24) is 9.80 Å². The molecule has 0 saturated carbocycles. The molecule has 0 spiro atoms. The number of benzene rings is 2. The van der Waals surface area contributed by atoms with Gasteiger partial charge in [-0.3, -0.25) is 19.4 Å². The standard InChI is InChI=1S/C36H45BN2O5/c1-3-8-27-21-30-34(36(42)39(35(30)41)28-15-17-38(18-16-28)23-25-9-5-4-6-10-25)31-22-37(43)44-32(33(27)31)14-13-24(2)19-26-11-7-12-29(40)20-26/h4-7,9-12,19-20,28,30-32,34,40,43H,3,8,13-18,21-23H2,1-2H3/b24-19+/t30-,31+,32-,34-/m1/s1. The normalized spacial score (nSPS) is 26.8. The summed E-state index contributed by atoms with van der Waals surface area (Å²) in [5.74, 6) is -0.714. The summed E-state index contributed by atoms with van der Waals surface area (Å²) in [6, 6.07) is 17.6. The van der Waals surface area contributed by atoms with Gasteiger partial charge in [0.05, 0.1) is 17.9 Å². The van der Waals surface area contributed by atoms with E-state index in [1.165, 1.54) is 16.7 Å². The predicted octanol–water partition coefficient (Wildman–Crippen LogP) is 5.84. The maximum atomic E-state index is 14.2. The second kappa shape index (κ2) is 13.4. The maximum absolute atomic E-state index is 14.2. The van der Waals surface area contributed by atoms with E-state index < -0.39 is 13.0 Å². The Hall–Kier alpha value is -3.20. The van der Waals surface area contributed by atoms with Crippen molar-refractivity contribution in [3.63, 3.8) is 0 Å². The summed E-state index contributed by atoms with van der Waals surface area (Å²) in [5.41, 5.74) is 5.80. The second-order valence-corrected chi connectivity index (χ2v) is 13.2. The van der Waals surface area contributed by atoms with Crippen LogP contribution in [0.15, 0.2) is 71.3 Å². The first-order valence-corrected chi connectivity index (χ1v) is 16.5. The molecular formula is C36H45BN2O5. The van der Waals surface area contributed by atoms with Crippen LogP contribution in [0.25, 0.3) is 6.08 Å². The van der Waals surface area contributed by atoms with Crippen LogP contribution in [0.4, 0.5) is 0 Å². The fourth-order valence-electron chi connectivity index (χ4n) is 8.19. The second-order valence-electron chi connectivity index (χ2n) is 13.2. The molecule has 2 aromatic carbocycles. The van der Waals surface area contributed by atoms with Gasteiger partial charge in [-0.15, -0.1) is 0 Å². The predicted molar refractivity (Wildman–Crippen MR) is 172 cm³/mol. The highest BCUT2D eigenvalue weighted by Crippen LogP contribution is 2.52. The van der Waals surface area contributed by atoms with Crippen molar-refractivity contribution in [2.75, 3.05) is 13.1 Å². The highest BCUT2D eigenvalue weighted by atomic mass is 16.5. The Morgan fingerprint density at radius 1 is 1.05 bits per heavy atom. The van der Waals surface area contributed by atoms with E-state index in [9.17, 15) is 19.7 Å². The monoisotopic (exact) mass is 596 g/mol. The van der Waals surface area contributed by atoms with E-state index in [0.717, 1.165) is 62.9 Å². The van der Waals surface area contributed by atoms with Crippen LogP contribution in [0.1, 0.15) is 69.9 Å². The van der Waals surface area contributed by atoms with Crippen LogP contribution in [-0.2, 0) is 20.8 Å². The van der Waals surface area contributed by atoms with Crippen LogP contribution in [0.2, 0.25) is 6.32 Å². The highest BCUT2D eigenvalue weighted by Gasteiger charge is 2.58. The number of aromatic hydroxyl groups is 1. The number of hydrogen-bond acceptors (Lipinski definition) is 6.